The number of rotatable bonds is 2. The summed E-state index contributed by atoms with van der Waals surface area (Å²) in [4.78, 5) is 38.6. The first-order chi connectivity index (χ1) is 16.3. The molecular formula is C28H34O7. The largest absolute Gasteiger partial charge is 0.472 e. The number of ketones is 1. The third-order valence-electron chi connectivity index (χ3n) is 10.8. The molecule has 188 valence electrons. The van der Waals surface area contributed by atoms with Gasteiger partial charge >= 0.3 is 11.9 Å². The first-order valence-corrected chi connectivity index (χ1v) is 12.7. The number of carbonyl (C=O) groups is 3. The Morgan fingerprint density at radius 2 is 1.83 bits per heavy atom. The minimum Gasteiger partial charge on any atom is -0.472 e. The van der Waals surface area contributed by atoms with E-state index in [0.717, 1.165) is 18.4 Å². The summed E-state index contributed by atoms with van der Waals surface area (Å²) in [7, 11) is 0. The number of hydrogen-bond donors (Lipinski definition) is 0. The number of fused-ring (bicyclic) bond motifs is 3. The Bertz CT molecular complexity index is 1150. The van der Waals surface area contributed by atoms with Gasteiger partial charge in [-0.15, -0.1) is 0 Å². The molecule has 7 heteroatoms. The number of cyclic esters (lactones) is 1. The Morgan fingerprint density at radius 1 is 1.09 bits per heavy atom. The van der Waals surface area contributed by atoms with Crippen molar-refractivity contribution in [2.45, 2.75) is 84.7 Å². The van der Waals surface area contributed by atoms with Crippen molar-refractivity contribution < 1.29 is 33.0 Å². The average molecular weight is 483 g/mol. The van der Waals surface area contributed by atoms with Crippen LogP contribution in [0.15, 0.2) is 35.2 Å². The topological polar surface area (TPSA) is 95.3 Å². The average Bonchev–Trinajstić information content (AvgIpc) is 3.35. The zero-order chi connectivity index (χ0) is 25.2. The van der Waals surface area contributed by atoms with E-state index in [-0.39, 0.29) is 35.0 Å². The summed E-state index contributed by atoms with van der Waals surface area (Å²) in [6.45, 7) is 12.0. The van der Waals surface area contributed by atoms with Gasteiger partial charge in [-0.3, -0.25) is 9.59 Å². The standard InChI is InChI=1S/C28H34O7/c1-15(29)33-20-13-18-24(2,3)19(30)8-10-25(18,4)17-7-11-26(5)21(16-9-12-32-14-16)34-23(31)22-28(26,35-22)27(17,20)6/h8-10,12,14,17-18,20-22H,7,11,13H2,1-6H3/t17?,18?,20-,21+,22+,25+,26-,27+,28+/m0/s1. The van der Waals surface area contributed by atoms with Gasteiger partial charge < -0.3 is 18.6 Å². The van der Waals surface area contributed by atoms with Crippen molar-refractivity contribution in [3.63, 3.8) is 0 Å². The van der Waals surface area contributed by atoms with Gasteiger partial charge in [0.1, 0.15) is 17.8 Å². The zero-order valence-electron chi connectivity index (χ0n) is 21.3. The second-order valence-corrected chi connectivity index (χ2v) is 12.6. The molecule has 0 aromatic carbocycles. The number of furan rings is 1. The molecule has 35 heavy (non-hydrogen) atoms. The van der Waals surface area contributed by atoms with E-state index in [1.54, 1.807) is 18.6 Å². The molecular weight excluding hydrogens is 448 g/mol. The molecule has 2 unspecified atom stereocenters. The molecule has 4 fully saturated rings. The Morgan fingerprint density at radius 3 is 2.49 bits per heavy atom. The smallest absolute Gasteiger partial charge is 0.339 e. The van der Waals surface area contributed by atoms with E-state index in [1.165, 1.54) is 6.92 Å². The fourth-order valence-corrected chi connectivity index (χ4v) is 9.20. The normalized spacial score (nSPS) is 49.1. The monoisotopic (exact) mass is 482 g/mol. The van der Waals surface area contributed by atoms with E-state index in [4.69, 9.17) is 18.6 Å². The maximum absolute atomic E-state index is 13.2. The maximum atomic E-state index is 13.2. The van der Waals surface area contributed by atoms with Crippen molar-refractivity contribution in [1.82, 2.24) is 0 Å². The molecule has 9 atom stereocenters. The second-order valence-electron chi connectivity index (χ2n) is 12.6. The highest BCUT2D eigenvalue weighted by Crippen LogP contribution is 2.79. The molecule has 2 saturated heterocycles. The third kappa shape index (κ3) is 2.48. The summed E-state index contributed by atoms with van der Waals surface area (Å²) in [5, 5.41) is 0. The molecule has 1 aromatic heterocycles. The van der Waals surface area contributed by atoms with Crippen molar-refractivity contribution in [2.75, 3.05) is 0 Å². The number of allylic oxidation sites excluding steroid dienone is 2. The highest BCUT2D eigenvalue weighted by Gasteiger charge is 2.88. The lowest BCUT2D eigenvalue weighted by Gasteiger charge is -2.68. The number of esters is 2. The van der Waals surface area contributed by atoms with Gasteiger partial charge in [-0.25, -0.2) is 4.79 Å². The van der Waals surface area contributed by atoms with Crippen LogP contribution in [0.25, 0.3) is 0 Å². The fourth-order valence-electron chi connectivity index (χ4n) is 9.20. The Hall–Kier alpha value is -2.41. The molecule has 5 aliphatic rings. The number of carbonyl (C=O) groups excluding carboxylic acids is 3. The Labute approximate surface area is 205 Å². The van der Waals surface area contributed by atoms with Gasteiger partial charge in [-0.2, -0.15) is 0 Å². The molecule has 2 aliphatic heterocycles. The van der Waals surface area contributed by atoms with Crippen LogP contribution in [-0.2, 0) is 28.6 Å². The quantitative estimate of drug-likeness (QED) is 0.450. The van der Waals surface area contributed by atoms with E-state index in [1.807, 2.05) is 19.9 Å². The van der Waals surface area contributed by atoms with Crippen LogP contribution in [0.2, 0.25) is 0 Å². The first-order valence-electron chi connectivity index (χ1n) is 12.7. The van der Waals surface area contributed by atoms with Crippen LogP contribution in [0, 0.1) is 33.5 Å². The van der Waals surface area contributed by atoms with Crippen LogP contribution >= 0.6 is 0 Å². The SMILES string of the molecule is CC(=O)O[C@H]1CC2C(C)(C)C(=O)C=C[C@]2(C)C2CC[C@@]3(C)[C@@H](c4ccoc4)OC(=O)[C@H]4O[C@]43[C@]21C. The summed E-state index contributed by atoms with van der Waals surface area (Å²) >= 11 is 0. The molecule has 0 amide bonds. The lowest BCUT2D eigenvalue weighted by Crippen LogP contribution is -2.72. The fraction of sp³-hybridized carbons (Fsp3) is 0.679. The highest BCUT2D eigenvalue weighted by atomic mass is 16.7. The van der Waals surface area contributed by atoms with Gasteiger partial charge in [0.2, 0.25) is 0 Å². The van der Waals surface area contributed by atoms with Crippen molar-refractivity contribution in [2.24, 2.45) is 33.5 Å². The van der Waals surface area contributed by atoms with Crippen LogP contribution in [0.1, 0.15) is 72.5 Å². The van der Waals surface area contributed by atoms with E-state index in [9.17, 15) is 14.4 Å². The summed E-state index contributed by atoms with van der Waals surface area (Å²) in [5.41, 5.74) is -2.15. The van der Waals surface area contributed by atoms with Crippen LogP contribution in [0.3, 0.4) is 0 Å². The second kappa shape index (κ2) is 6.67. The van der Waals surface area contributed by atoms with Crippen molar-refractivity contribution in [1.29, 1.82) is 0 Å². The van der Waals surface area contributed by atoms with Crippen molar-refractivity contribution >= 4 is 17.7 Å². The molecule has 3 heterocycles. The predicted molar refractivity (Wildman–Crippen MR) is 124 cm³/mol. The number of epoxide rings is 1. The van der Waals surface area contributed by atoms with Gasteiger partial charge in [0.25, 0.3) is 0 Å². The summed E-state index contributed by atoms with van der Waals surface area (Å²) in [5.74, 6) is -0.603. The van der Waals surface area contributed by atoms with Crippen LogP contribution < -0.4 is 0 Å². The third-order valence-corrected chi connectivity index (χ3v) is 10.8. The zero-order valence-corrected chi connectivity index (χ0v) is 21.3. The van der Waals surface area contributed by atoms with Gasteiger partial charge in [0, 0.05) is 28.7 Å². The van der Waals surface area contributed by atoms with Gasteiger partial charge in [-0.1, -0.05) is 40.7 Å². The van der Waals surface area contributed by atoms with Crippen LogP contribution in [0.4, 0.5) is 0 Å². The predicted octanol–water partition coefficient (Wildman–Crippen LogP) is 4.56. The molecule has 0 N–H and O–H groups in total. The van der Waals surface area contributed by atoms with Gasteiger partial charge in [0.05, 0.1) is 12.5 Å². The Kier molecular flexibility index (Phi) is 4.38. The summed E-state index contributed by atoms with van der Waals surface area (Å²) in [6.07, 6.45) is 7.46. The molecule has 0 radical (unpaired) electrons. The van der Waals surface area contributed by atoms with E-state index < -0.39 is 40.2 Å². The maximum Gasteiger partial charge on any atom is 0.339 e. The Balaban J connectivity index is 1.55. The van der Waals surface area contributed by atoms with E-state index >= 15 is 0 Å². The number of ether oxygens (including phenoxy) is 3. The minimum atomic E-state index is -0.853. The lowest BCUT2D eigenvalue weighted by atomic mass is 9.35. The van der Waals surface area contributed by atoms with E-state index in [0.29, 0.717) is 6.42 Å². The lowest BCUT2D eigenvalue weighted by molar-refractivity contribution is -0.251. The molecule has 3 aliphatic carbocycles. The molecule has 1 aromatic rings. The highest BCUT2D eigenvalue weighted by molar-refractivity contribution is 5.95. The molecule has 2 saturated carbocycles. The van der Waals surface area contributed by atoms with Crippen LogP contribution in [-0.4, -0.2) is 35.5 Å². The van der Waals surface area contributed by atoms with Crippen molar-refractivity contribution in [3.8, 4) is 0 Å². The molecule has 6 rings (SSSR count). The van der Waals surface area contributed by atoms with Gasteiger partial charge in [-0.05, 0) is 48.7 Å². The minimum absolute atomic E-state index is 0.00639. The number of hydrogen-bond acceptors (Lipinski definition) is 7. The van der Waals surface area contributed by atoms with Crippen molar-refractivity contribution in [3.05, 3.63) is 36.3 Å². The molecule has 1 spiro atoms. The molecule has 7 nitrogen and oxygen atoms in total. The van der Waals surface area contributed by atoms with E-state index in [2.05, 4.69) is 26.8 Å². The van der Waals surface area contributed by atoms with Crippen LogP contribution in [0.5, 0.6) is 0 Å². The molecule has 0 bridgehead atoms. The first kappa shape index (κ1) is 23.0. The van der Waals surface area contributed by atoms with Gasteiger partial charge in [0.15, 0.2) is 11.9 Å². The summed E-state index contributed by atoms with van der Waals surface area (Å²) < 4.78 is 24.0. The summed E-state index contributed by atoms with van der Waals surface area (Å²) in [6, 6.07) is 1.84.